The first kappa shape index (κ1) is 33.7. The quantitative estimate of drug-likeness (QED) is 0.0683. The van der Waals surface area contributed by atoms with Crippen LogP contribution in [0.5, 0.6) is 0 Å². The number of primary amides is 1. The van der Waals surface area contributed by atoms with E-state index in [2.05, 4.69) is 16.0 Å². The van der Waals surface area contributed by atoms with Crippen LogP contribution in [0.3, 0.4) is 0 Å². The molecule has 0 aliphatic rings. The summed E-state index contributed by atoms with van der Waals surface area (Å²) in [7, 11) is 0. The lowest BCUT2D eigenvalue weighted by Gasteiger charge is -2.25. The Balaban J connectivity index is 5.53. The van der Waals surface area contributed by atoms with Crippen LogP contribution in [0, 0.1) is 0 Å². The molecule has 0 saturated carbocycles. The molecule has 0 saturated heterocycles. The molecule has 4 unspecified atom stereocenters. The zero-order chi connectivity index (χ0) is 28.4. The van der Waals surface area contributed by atoms with E-state index in [1.807, 2.05) is 0 Å². The van der Waals surface area contributed by atoms with Gasteiger partial charge in [0, 0.05) is 12.8 Å². The Morgan fingerprint density at radius 2 is 1.08 bits per heavy atom. The molecular formula is C22H41N7O8. The maximum Gasteiger partial charge on any atom is 0.326 e. The second-order valence-corrected chi connectivity index (χ2v) is 8.63. The molecule has 15 nitrogen and oxygen atoms in total. The number of aliphatic carboxylic acids is 2. The maximum atomic E-state index is 13.0. The summed E-state index contributed by atoms with van der Waals surface area (Å²) in [6.07, 6.45) is 1.23. The Kier molecular flexibility index (Phi) is 17.2. The van der Waals surface area contributed by atoms with Crippen molar-refractivity contribution in [3.63, 3.8) is 0 Å². The molecular weight excluding hydrogens is 490 g/mol. The first-order chi connectivity index (χ1) is 17.4. The number of nitrogens with two attached hydrogens (primary N) is 4. The van der Waals surface area contributed by atoms with Crippen molar-refractivity contribution in [3.8, 4) is 0 Å². The van der Waals surface area contributed by atoms with E-state index in [4.69, 9.17) is 28.0 Å². The summed E-state index contributed by atoms with van der Waals surface area (Å²) in [5.74, 6) is -5.53. The number of carboxylic acids is 2. The second kappa shape index (κ2) is 18.9. The summed E-state index contributed by atoms with van der Waals surface area (Å²) in [6.45, 7) is 0.686. The molecule has 0 aliphatic heterocycles. The largest absolute Gasteiger partial charge is 0.481 e. The number of carbonyl (C=O) groups is 6. The van der Waals surface area contributed by atoms with Gasteiger partial charge in [0.15, 0.2) is 0 Å². The van der Waals surface area contributed by atoms with Gasteiger partial charge in [-0.1, -0.05) is 0 Å². The van der Waals surface area contributed by atoms with E-state index >= 15 is 0 Å². The van der Waals surface area contributed by atoms with Gasteiger partial charge < -0.3 is 49.1 Å². The summed E-state index contributed by atoms with van der Waals surface area (Å²) in [6, 6.07) is -4.89. The van der Waals surface area contributed by atoms with Gasteiger partial charge in [0.25, 0.3) is 0 Å². The van der Waals surface area contributed by atoms with Crippen molar-refractivity contribution in [2.24, 2.45) is 22.9 Å². The molecule has 4 amide bonds. The average Bonchev–Trinajstić information content (AvgIpc) is 2.83. The van der Waals surface area contributed by atoms with E-state index in [0.29, 0.717) is 38.8 Å². The van der Waals surface area contributed by atoms with E-state index < -0.39 is 66.2 Å². The number of unbranched alkanes of at least 4 members (excludes halogenated alkanes) is 2. The minimum Gasteiger partial charge on any atom is -0.481 e. The van der Waals surface area contributed by atoms with Gasteiger partial charge in [0.2, 0.25) is 23.6 Å². The number of carboxylic acid groups (broad SMARTS) is 2. The fourth-order valence-corrected chi connectivity index (χ4v) is 3.30. The van der Waals surface area contributed by atoms with Crippen LogP contribution in [0.2, 0.25) is 0 Å². The van der Waals surface area contributed by atoms with Crippen molar-refractivity contribution in [1.82, 2.24) is 16.0 Å². The molecule has 0 aromatic carbocycles. The Labute approximate surface area is 215 Å². The van der Waals surface area contributed by atoms with Crippen LogP contribution >= 0.6 is 0 Å². The molecule has 4 atom stereocenters. The highest BCUT2D eigenvalue weighted by Gasteiger charge is 2.30. The predicted octanol–water partition coefficient (Wildman–Crippen LogP) is -2.76. The van der Waals surface area contributed by atoms with Crippen molar-refractivity contribution in [3.05, 3.63) is 0 Å². The van der Waals surface area contributed by atoms with E-state index in [1.165, 1.54) is 0 Å². The van der Waals surface area contributed by atoms with Gasteiger partial charge in [0.05, 0.1) is 6.04 Å². The fraction of sp³-hybridized carbons (Fsp3) is 0.727. The minimum absolute atomic E-state index is 0.0390. The van der Waals surface area contributed by atoms with E-state index in [9.17, 15) is 33.9 Å². The van der Waals surface area contributed by atoms with Gasteiger partial charge >= 0.3 is 11.9 Å². The zero-order valence-corrected chi connectivity index (χ0v) is 20.9. The number of hydrogen-bond donors (Lipinski definition) is 9. The third kappa shape index (κ3) is 15.4. The molecule has 0 heterocycles. The van der Waals surface area contributed by atoms with Crippen LogP contribution in [-0.4, -0.2) is 83.0 Å². The highest BCUT2D eigenvalue weighted by molar-refractivity contribution is 5.94. The third-order valence-electron chi connectivity index (χ3n) is 5.46. The Hall–Kier alpha value is -3.30. The summed E-state index contributed by atoms with van der Waals surface area (Å²) in [5, 5.41) is 25.7. The van der Waals surface area contributed by atoms with Gasteiger partial charge in [-0.05, 0) is 64.5 Å². The number of carbonyl (C=O) groups excluding carboxylic acids is 4. The third-order valence-corrected chi connectivity index (χ3v) is 5.46. The lowest BCUT2D eigenvalue weighted by atomic mass is 10.0. The maximum absolute atomic E-state index is 13.0. The molecule has 0 rings (SSSR count). The topological polar surface area (TPSA) is 283 Å². The second-order valence-electron chi connectivity index (χ2n) is 8.63. The molecule has 37 heavy (non-hydrogen) atoms. The SMILES string of the molecule is NCCCCC(NC(=O)C(CCC(=O)O)NC(=O)C(CCCCN)NC(=O)C(N)CCC(N)=O)C(=O)O. The highest BCUT2D eigenvalue weighted by Crippen LogP contribution is 2.07. The van der Waals surface area contributed by atoms with Gasteiger partial charge in [0.1, 0.15) is 18.1 Å². The summed E-state index contributed by atoms with van der Waals surface area (Å²) in [5.41, 5.74) is 21.7. The molecule has 0 fully saturated rings. The van der Waals surface area contributed by atoms with Gasteiger partial charge in [-0.15, -0.1) is 0 Å². The first-order valence-electron chi connectivity index (χ1n) is 12.2. The molecule has 0 aromatic rings. The molecule has 0 spiro atoms. The average molecular weight is 532 g/mol. The molecule has 212 valence electrons. The normalized spacial score (nSPS) is 14.0. The van der Waals surface area contributed by atoms with Gasteiger partial charge in [-0.2, -0.15) is 0 Å². The smallest absolute Gasteiger partial charge is 0.326 e. The minimum atomic E-state index is -1.38. The first-order valence-corrected chi connectivity index (χ1v) is 12.2. The predicted molar refractivity (Wildman–Crippen MR) is 133 cm³/mol. The summed E-state index contributed by atoms with van der Waals surface area (Å²) in [4.78, 5) is 71.9. The van der Waals surface area contributed by atoms with Crippen LogP contribution in [0.4, 0.5) is 0 Å². The summed E-state index contributed by atoms with van der Waals surface area (Å²) < 4.78 is 0. The Morgan fingerprint density at radius 3 is 1.54 bits per heavy atom. The zero-order valence-electron chi connectivity index (χ0n) is 20.9. The molecule has 0 aromatic heterocycles. The van der Waals surface area contributed by atoms with Crippen molar-refractivity contribution in [1.29, 1.82) is 0 Å². The van der Waals surface area contributed by atoms with Crippen molar-refractivity contribution in [2.75, 3.05) is 13.1 Å². The van der Waals surface area contributed by atoms with E-state index in [1.54, 1.807) is 0 Å². The van der Waals surface area contributed by atoms with Gasteiger partial charge in [-0.3, -0.25) is 24.0 Å². The molecule has 0 bridgehead atoms. The van der Waals surface area contributed by atoms with E-state index in [0.717, 1.165) is 0 Å². The van der Waals surface area contributed by atoms with Crippen LogP contribution in [0.25, 0.3) is 0 Å². The Morgan fingerprint density at radius 1 is 0.622 bits per heavy atom. The Bertz CT molecular complexity index is 780. The number of hydrogen-bond acceptors (Lipinski definition) is 9. The number of nitrogens with one attached hydrogen (secondary N) is 3. The molecule has 0 aliphatic carbocycles. The van der Waals surface area contributed by atoms with E-state index in [-0.39, 0.29) is 32.1 Å². The summed E-state index contributed by atoms with van der Waals surface area (Å²) >= 11 is 0. The highest BCUT2D eigenvalue weighted by atomic mass is 16.4. The van der Waals surface area contributed by atoms with Crippen molar-refractivity contribution < 1.29 is 39.0 Å². The number of rotatable bonds is 21. The van der Waals surface area contributed by atoms with Crippen LogP contribution in [-0.2, 0) is 28.8 Å². The van der Waals surface area contributed by atoms with Crippen LogP contribution < -0.4 is 38.9 Å². The van der Waals surface area contributed by atoms with Crippen LogP contribution in [0.1, 0.15) is 64.2 Å². The van der Waals surface area contributed by atoms with Gasteiger partial charge in [-0.25, -0.2) is 4.79 Å². The lowest BCUT2D eigenvalue weighted by Crippen LogP contribution is -2.57. The lowest BCUT2D eigenvalue weighted by molar-refractivity contribution is -0.143. The molecule has 13 N–H and O–H groups in total. The molecule has 15 heteroatoms. The monoisotopic (exact) mass is 531 g/mol. The van der Waals surface area contributed by atoms with Crippen molar-refractivity contribution in [2.45, 2.75) is 88.4 Å². The molecule has 0 radical (unpaired) electrons. The fourth-order valence-electron chi connectivity index (χ4n) is 3.30. The van der Waals surface area contributed by atoms with Crippen LogP contribution in [0.15, 0.2) is 0 Å². The number of amides is 4. The van der Waals surface area contributed by atoms with Crippen molar-refractivity contribution >= 4 is 35.6 Å². The standard InChI is InChI=1S/C22H41N7O8/c23-11-3-1-5-14(27-19(33)13(25)7-9-17(26)30)20(34)28-15(8-10-18(31)32)21(35)29-16(22(36)37)6-2-4-12-24/h13-16H,1-12,23-25H2,(H2,26,30)(H,27,33)(H,28,34)(H,29,35)(H,31,32)(H,36,37).